The van der Waals surface area contributed by atoms with Crippen LogP contribution in [0.5, 0.6) is 0 Å². The van der Waals surface area contributed by atoms with Gasteiger partial charge in [-0.15, -0.1) is 0 Å². The molecular formula is C16H22N2O2. The van der Waals surface area contributed by atoms with Gasteiger partial charge in [-0.25, -0.2) is 0 Å². The number of hydrogen-bond donors (Lipinski definition) is 0. The Bertz CT molecular complexity index is 553. The maximum atomic E-state index is 12.4. The first-order valence-electron chi connectivity index (χ1n) is 6.96. The second-order valence-corrected chi connectivity index (χ2v) is 5.63. The van der Waals surface area contributed by atoms with Crippen molar-refractivity contribution in [3.05, 3.63) is 34.9 Å². The van der Waals surface area contributed by atoms with Crippen LogP contribution in [0.3, 0.4) is 0 Å². The lowest BCUT2D eigenvalue weighted by Crippen LogP contribution is -2.61. The zero-order valence-electron chi connectivity index (χ0n) is 12.8. The average Bonchev–Trinajstić information content (AvgIpc) is 2.43. The molecule has 2 amide bonds. The van der Waals surface area contributed by atoms with E-state index in [0.717, 1.165) is 5.56 Å². The fraction of sp³-hybridized carbons (Fsp3) is 0.500. The summed E-state index contributed by atoms with van der Waals surface area (Å²) < 4.78 is 0. The van der Waals surface area contributed by atoms with Crippen LogP contribution in [0.25, 0.3) is 0 Å². The Morgan fingerprint density at radius 2 is 1.70 bits per heavy atom. The van der Waals surface area contributed by atoms with Gasteiger partial charge in [0.05, 0.1) is 0 Å². The summed E-state index contributed by atoms with van der Waals surface area (Å²) in [6.45, 7) is 8.19. The number of nitrogens with zero attached hydrogens (tertiary/aromatic N) is 2. The summed E-state index contributed by atoms with van der Waals surface area (Å²) in [5.74, 6) is 0.0166. The number of benzene rings is 1. The Labute approximate surface area is 120 Å². The normalized spacial score (nSPS) is 23.4. The summed E-state index contributed by atoms with van der Waals surface area (Å²) in [5, 5.41) is 0. The third-order valence-corrected chi connectivity index (χ3v) is 4.45. The van der Waals surface area contributed by atoms with Crippen molar-refractivity contribution in [1.82, 2.24) is 9.80 Å². The minimum absolute atomic E-state index is 0.00223. The number of hydrogen-bond acceptors (Lipinski definition) is 2. The summed E-state index contributed by atoms with van der Waals surface area (Å²) in [5.41, 5.74) is 3.50. The second-order valence-electron chi connectivity index (χ2n) is 5.63. The Balaban J connectivity index is 2.30. The number of amides is 2. The summed E-state index contributed by atoms with van der Waals surface area (Å²) in [6, 6.07) is 5.29. The van der Waals surface area contributed by atoms with E-state index >= 15 is 0 Å². The molecule has 0 bridgehead atoms. The van der Waals surface area contributed by atoms with Crippen molar-refractivity contribution in [2.45, 2.75) is 46.3 Å². The lowest BCUT2D eigenvalue weighted by molar-refractivity contribution is -0.159. The SMILES string of the molecule is Cc1cccc(CN2C(=O)[C@H](C)N(C)C(=O)[C@@H]2C)c1C. The van der Waals surface area contributed by atoms with Crippen LogP contribution in [0, 0.1) is 13.8 Å². The average molecular weight is 274 g/mol. The quantitative estimate of drug-likeness (QED) is 0.826. The molecule has 0 spiro atoms. The van der Waals surface area contributed by atoms with Crippen molar-refractivity contribution in [3.63, 3.8) is 0 Å². The molecule has 2 atom stereocenters. The van der Waals surface area contributed by atoms with Crippen molar-refractivity contribution < 1.29 is 9.59 Å². The van der Waals surface area contributed by atoms with E-state index in [9.17, 15) is 9.59 Å². The zero-order chi connectivity index (χ0) is 15.0. The van der Waals surface area contributed by atoms with Gasteiger partial charge in [0.15, 0.2) is 0 Å². The molecule has 0 aromatic heterocycles. The predicted octanol–water partition coefficient (Wildman–Crippen LogP) is 1.88. The van der Waals surface area contributed by atoms with Gasteiger partial charge in [-0.1, -0.05) is 18.2 Å². The minimum atomic E-state index is -0.399. The van der Waals surface area contributed by atoms with Crippen LogP contribution in [-0.2, 0) is 16.1 Å². The van der Waals surface area contributed by atoms with Crippen LogP contribution in [-0.4, -0.2) is 40.7 Å². The third kappa shape index (κ3) is 2.30. The van der Waals surface area contributed by atoms with E-state index in [2.05, 4.69) is 19.9 Å². The van der Waals surface area contributed by atoms with Crippen molar-refractivity contribution in [3.8, 4) is 0 Å². The summed E-state index contributed by atoms with van der Waals surface area (Å²) >= 11 is 0. The monoisotopic (exact) mass is 274 g/mol. The number of piperazine rings is 1. The number of aryl methyl sites for hydroxylation is 1. The molecule has 0 radical (unpaired) electrons. The molecule has 1 aromatic rings. The molecule has 0 aliphatic carbocycles. The highest BCUT2D eigenvalue weighted by molar-refractivity contribution is 5.96. The molecule has 1 aliphatic heterocycles. The molecular weight excluding hydrogens is 252 g/mol. The minimum Gasteiger partial charge on any atom is -0.332 e. The van der Waals surface area contributed by atoms with Crippen LogP contribution in [0.2, 0.25) is 0 Å². The van der Waals surface area contributed by atoms with Gasteiger partial charge in [0.1, 0.15) is 12.1 Å². The second kappa shape index (κ2) is 5.27. The topological polar surface area (TPSA) is 40.6 Å². The molecule has 2 rings (SSSR count). The standard InChI is InChI=1S/C16H22N2O2/c1-10-7-6-8-14(11(10)2)9-18-13(4)15(19)17(5)12(3)16(18)20/h6-8,12-13H,9H2,1-5H3/t12-,13-/m0/s1. The molecule has 4 nitrogen and oxygen atoms in total. The first-order chi connectivity index (χ1) is 9.34. The van der Waals surface area contributed by atoms with Crippen LogP contribution in [0.4, 0.5) is 0 Å². The molecule has 1 heterocycles. The van der Waals surface area contributed by atoms with Crippen molar-refractivity contribution >= 4 is 11.8 Å². The van der Waals surface area contributed by atoms with Gasteiger partial charge >= 0.3 is 0 Å². The molecule has 1 aliphatic rings. The van der Waals surface area contributed by atoms with E-state index in [0.29, 0.717) is 6.54 Å². The zero-order valence-corrected chi connectivity index (χ0v) is 12.8. The highest BCUT2D eigenvalue weighted by Gasteiger charge is 2.39. The molecule has 0 saturated carbocycles. The molecule has 20 heavy (non-hydrogen) atoms. The molecule has 1 saturated heterocycles. The van der Waals surface area contributed by atoms with Crippen molar-refractivity contribution in [2.24, 2.45) is 0 Å². The Morgan fingerprint density at radius 3 is 2.35 bits per heavy atom. The third-order valence-electron chi connectivity index (χ3n) is 4.45. The van der Waals surface area contributed by atoms with Gasteiger partial charge in [0.25, 0.3) is 0 Å². The maximum Gasteiger partial charge on any atom is 0.246 e. The first-order valence-corrected chi connectivity index (χ1v) is 6.96. The molecule has 0 unspecified atom stereocenters. The van der Waals surface area contributed by atoms with Crippen molar-refractivity contribution in [1.29, 1.82) is 0 Å². The van der Waals surface area contributed by atoms with Gasteiger partial charge in [-0.3, -0.25) is 9.59 Å². The Morgan fingerprint density at radius 1 is 1.05 bits per heavy atom. The molecule has 108 valence electrons. The fourth-order valence-corrected chi connectivity index (χ4v) is 2.60. The lowest BCUT2D eigenvalue weighted by Gasteiger charge is -2.41. The highest BCUT2D eigenvalue weighted by atomic mass is 16.2. The number of likely N-dealkylation sites (N-methyl/N-ethyl adjacent to an activating group) is 1. The van der Waals surface area contributed by atoms with Gasteiger partial charge in [-0.2, -0.15) is 0 Å². The highest BCUT2D eigenvalue weighted by Crippen LogP contribution is 2.21. The number of carbonyl (C=O) groups excluding carboxylic acids is 2. The summed E-state index contributed by atoms with van der Waals surface area (Å²) in [4.78, 5) is 27.8. The van der Waals surface area contributed by atoms with E-state index in [1.165, 1.54) is 16.0 Å². The van der Waals surface area contributed by atoms with Crippen LogP contribution < -0.4 is 0 Å². The van der Waals surface area contributed by atoms with Crippen molar-refractivity contribution in [2.75, 3.05) is 7.05 Å². The summed E-state index contributed by atoms with van der Waals surface area (Å²) in [6.07, 6.45) is 0. The summed E-state index contributed by atoms with van der Waals surface area (Å²) in [7, 11) is 1.69. The Hall–Kier alpha value is -1.84. The van der Waals surface area contributed by atoms with Gasteiger partial charge in [-0.05, 0) is 44.4 Å². The lowest BCUT2D eigenvalue weighted by atomic mass is 10.0. The Kier molecular flexibility index (Phi) is 3.84. The molecule has 1 fully saturated rings. The van der Waals surface area contributed by atoms with Gasteiger partial charge in [0, 0.05) is 13.6 Å². The predicted molar refractivity (Wildman–Crippen MR) is 78.2 cm³/mol. The van der Waals surface area contributed by atoms with Crippen LogP contribution in [0.15, 0.2) is 18.2 Å². The van der Waals surface area contributed by atoms with E-state index < -0.39 is 6.04 Å². The smallest absolute Gasteiger partial charge is 0.246 e. The van der Waals surface area contributed by atoms with Gasteiger partial charge < -0.3 is 9.80 Å². The molecule has 1 aromatic carbocycles. The fourth-order valence-electron chi connectivity index (χ4n) is 2.60. The molecule has 4 heteroatoms. The number of carbonyl (C=O) groups is 2. The van der Waals surface area contributed by atoms with E-state index in [-0.39, 0.29) is 17.9 Å². The van der Waals surface area contributed by atoms with E-state index in [4.69, 9.17) is 0 Å². The van der Waals surface area contributed by atoms with E-state index in [1.807, 2.05) is 12.1 Å². The van der Waals surface area contributed by atoms with Gasteiger partial charge in [0.2, 0.25) is 11.8 Å². The molecule has 0 N–H and O–H groups in total. The first kappa shape index (κ1) is 14.6. The van der Waals surface area contributed by atoms with E-state index in [1.54, 1.807) is 25.8 Å². The largest absolute Gasteiger partial charge is 0.332 e. The van der Waals surface area contributed by atoms with Crippen LogP contribution >= 0.6 is 0 Å². The maximum absolute atomic E-state index is 12.4. The van der Waals surface area contributed by atoms with Crippen LogP contribution in [0.1, 0.15) is 30.5 Å². The number of rotatable bonds is 2.